The van der Waals surface area contributed by atoms with E-state index < -0.39 is 35.3 Å². The first kappa shape index (κ1) is 21.3. The lowest BCUT2D eigenvalue weighted by Gasteiger charge is -2.26. The number of carbonyl (C=O) groups is 2. The number of anilines is 1. The highest BCUT2D eigenvalue weighted by Crippen LogP contribution is 2.37. The van der Waals surface area contributed by atoms with E-state index in [1.54, 1.807) is 27.7 Å². The van der Waals surface area contributed by atoms with E-state index in [2.05, 4.69) is 5.32 Å². The molecule has 1 heterocycles. The minimum Gasteiger partial charge on any atom is -0.444 e. The van der Waals surface area contributed by atoms with Gasteiger partial charge in [-0.1, -0.05) is 11.6 Å². The molecule has 5 nitrogen and oxygen atoms in total. The summed E-state index contributed by atoms with van der Waals surface area (Å²) in [6, 6.07) is 2.90. The summed E-state index contributed by atoms with van der Waals surface area (Å²) >= 11 is 5.64. The first-order valence-electron chi connectivity index (χ1n) is 8.45. The number of hydrogen-bond donors (Lipinski definition) is 1. The van der Waals surface area contributed by atoms with Gasteiger partial charge in [-0.05, 0) is 52.3 Å². The number of benzene rings is 1. The Balaban J connectivity index is 2.11. The Morgan fingerprint density at radius 1 is 1.26 bits per heavy atom. The second-order valence-electron chi connectivity index (χ2n) is 7.59. The van der Waals surface area contributed by atoms with Crippen LogP contribution in [0.15, 0.2) is 18.2 Å². The predicted molar refractivity (Wildman–Crippen MR) is 95.6 cm³/mol. The van der Waals surface area contributed by atoms with E-state index in [1.165, 1.54) is 11.0 Å². The fourth-order valence-corrected chi connectivity index (χ4v) is 3.06. The van der Waals surface area contributed by atoms with Gasteiger partial charge in [-0.3, -0.25) is 4.79 Å². The second kappa shape index (κ2) is 7.58. The summed E-state index contributed by atoms with van der Waals surface area (Å²) in [5, 5.41) is 2.24. The predicted octanol–water partition coefficient (Wildman–Crippen LogP) is 4.94. The monoisotopic (exact) mass is 406 g/mol. The average Bonchev–Trinajstić information content (AvgIpc) is 2.88. The van der Waals surface area contributed by atoms with Crippen LogP contribution in [0.5, 0.6) is 0 Å². The summed E-state index contributed by atoms with van der Waals surface area (Å²) in [4.78, 5) is 26.1. The molecule has 1 aliphatic rings. The number of carbonyl (C=O) groups excluding carboxylic acids is 2. The Bertz CT molecular complexity index is 732. The quantitative estimate of drug-likeness (QED) is 0.756. The molecule has 1 saturated heterocycles. The number of likely N-dealkylation sites (tertiary alicyclic amines) is 1. The number of alkyl halides is 3. The van der Waals surface area contributed by atoms with Crippen molar-refractivity contribution in [2.45, 2.75) is 51.9 Å². The molecule has 1 aromatic rings. The Morgan fingerprint density at radius 3 is 2.44 bits per heavy atom. The van der Waals surface area contributed by atoms with E-state index in [4.69, 9.17) is 16.3 Å². The molecule has 1 aromatic carbocycles. The van der Waals surface area contributed by atoms with Crippen molar-refractivity contribution < 1.29 is 27.5 Å². The molecule has 0 spiro atoms. The van der Waals surface area contributed by atoms with Crippen molar-refractivity contribution in [3.05, 3.63) is 28.8 Å². The van der Waals surface area contributed by atoms with E-state index in [9.17, 15) is 22.8 Å². The molecule has 0 aliphatic carbocycles. The second-order valence-corrected chi connectivity index (χ2v) is 8.03. The van der Waals surface area contributed by atoms with Gasteiger partial charge in [0.1, 0.15) is 5.60 Å². The topological polar surface area (TPSA) is 58.6 Å². The Hall–Kier alpha value is -1.96. The van der Waals surface area contributed by atoms with E-state index in [1.807, 2.05) is 0 Å². The molecule has 1 N–H and O–H groups in total. The molecule has 9 heteroatoms. The van der Waals surface area contributed by atoms with Crippen molar-refractivity contribution in [3.8, 4) is 0 Å². The number of ether oxygens (including phenoxy) is 1. The van der Waals surface area contributed by atoms with Crippen LogP contribution in [0.4, 0.5) is 23.7 Å². The van der Waals surface area contributed by atoms with Crippen LogP contribution in [-0.4, -0.2) is 35.1 Å². The van der Waals surface area contributed by atoms with E-state index in [0.717, 1.165) is 12.1 Å². The molecule has 0 saturated carbocycles. The van der Waals surface area contributed by atoms with E-state index in [0.29, 0.717) is 6.42 Å². The summed E-state index contributed by atoms with van der Waals surface area (Å²) in [6.07, 6.45) is -4.87. The largest absolute Gasteiger partial charge is 0.444 e. The van der Waals surface area contributed by atoms with Crippen LogP contribution < -0.4 is 5.32 Å². The Morgan fingerprint density at radius 2 is 1.89 bits per heavy atom. The van der Waals surface area contributed by atoms with Crippen LogP contribution in [0.1, 0.15) is 39.7 Å². The molecule has 2 atom stereocenters. The third-order valence-corrected chi connectivity index (χ3v) is 4.35. The first-order valence-corrected chi connectivity index (χ1v) is 8.83. The molecule has 0 aromatic heterocycles. The number of nitrogens with one attached hydrogen (secondary N) is 1. The van der Waals surface area contributed by atoms with Gasteiger partial charge in [-0.15, -0.1) is 0 Å². The first-order chi connectivity index (χ1) is 12.3. The molecule has 2 rings (SSSR count). The molecule has 1 unspecified atom stereocenters. The molecular weight excluding hydrogens is 385 g/mol. The number of amides is 2. The fraction of sp³-hybridized carbons (Fsp3) is 0.556. The molecular formula is C18H22ClF3N2O3. The van der Waals surface area contributed by atoms with Gasteiger partial charge in [-0.2, -0.15) is 13.2 Å². The number of rotatable bonds is 2. The maximum Gasteiger partial charge on any atom is 0.418 e. The highest BCUT2D eigenvalue weighted by molar-refractivity contribution is 6.30. The van der Waals surface area contributed by atoms with Crippen LogP contribution in [0.2, 0.25) is 5.02 Å². The summed E-state index contributed by atoms with van der Waals surface area (Å²) in [5.74, 6) is -1.22. The number of hydrogen-bond acceptors (Lipinski definition) is 3. The Kier molecular flexibility index (Phi) is 5.99. The van der Waals surface area contributed by atoms with Gasteiger partial charge in [0.2, 0.25) is 5.91 Å². The molecule has 27 heavy (non-hydrogen) atoms. The van der Waals surface area contributed by atoms with Crippen LogP contribution in [-0.2, 0) is 15.7 Å². The summed E-state index contributed by atoms with van der Waals surface area (Å²) in [5.41, 5.74) is -2.05. The third kappa shape index (κ3) is 5.51. The zero-order chi connectivity index (χ0) is 20.6. The molecule has 0 radical (unpaired) electrons. The zero-order valence-corrected chi connectivity index (χ0v) is 16.2. The molecule has 2 amide bonds. The lowest BCUT2D eigenvalue weighted by molar-refractivity contribution is -0.137. The highest BCUT2D eigenvalue weighted by atomic mass is 35.5. The SMILES string of the molecule is CC1C[C@H](C(=O)Nc2ccc(Cl)cc2C(F)(F)F)CN1C(=O)OC(C)(C)C. The van der Waals surface area contributed by atoms with Crippen LogP contribution in [0, 0.1) is 5.92 Å². The van der Waals surface area contributed by atoms with Crippen molar-refractivity contribution >= 4 is 29.3 Å². The van der Waals surface area contributed by atoms with Crippen molar-refractivity contribution in [3.63, 3.8) is 0 Å². The van der Waals surface area contributed by atoms with E-state index >= 15 is 0 Å². The van der Waals surface area contributed by atoms with Crippen molar-refractivity contribution in [2.75, 3.05) is 11.9 Å². The molecule has 150 valence electrons. The summed E-state index contributed by atoms with van der Waals surface area (Å²) in [7, 11) is 0. The fourth-order valence-electron chi connectivity index (χ4n) is 2.89. The van der Waals surface area contributed by atoms with Gasteiger partial charge >= 0.3 is 12.3 Å². The van der Waals surface area contributed by atoms with Gasteiger partial charge in [-0.25, -0.2) is 4.79 Å². The lowest BCUT2D eigenvalue weighted by Crippen LogP contribution is -2.39. The highest BCUT2D eigenvalue weighted by Gasteiger charge is 2.39. The molecule has 1 aliphatic heterocycles. The van der Waals surface area contributed by atoms with Crippen LogP contribution in [0.25, 0.3) is 0 Å². The summed E-state index contributed by atoms with van der Waals surface area (Å²) < 4.78 is 44.8. The van der Waals surface area contributed by atoms with Crippen molar-refractivity contribution in [1.82, 2.24) is 4.90 Å². The molecule has 1 fully saturated rings. The smallest absolute Gasteiger partial charge is 0.418 e. The average molecular weight is 407 g/mol. The lowest BCUT2D eigenvalue weighted by atomic mass is 10.0. The van der Waals surface area contributed by atoms with Gasteiger partial charge < -0.3 is 15.0 Å². The maximum atomic E-state index is 13.2. The minimum absolute atomic E-state index is 0.0779. The molecule has 0 bridgehead atoms. The summed E-state index contributed by atoms with van der Waals surface area (Å²) in [6.45, 7) is 7.04. The van der Waals surface area contributed by atoms with Crippen LogP contribution in [0.3, 0.4) is 0 Å². The van der Waals surface area contributed by atoms with Gasteiger partial charge in [0.05, 0.1) is 17.2 Å². The van der Waals surface area contributed by atoms with Crippen molar-refractivity contribution in [1.29, 1.82) is 0 Å². The number of nitrogens with zero attached hydrogens (tertiary/aromatic N) is 1. The standard InChI is InChI=1S/C18H22ClF3N2O3/c1-10-7-11(9-24(10)16(26)27-17(2,3)4)15(25)23-14-6-5-12(19)8-13(14)18(20,21)22/h5-6,8,10-11H,7,9H2,1-4H3,(H,23,25)/t10?,11-/m0/s1. The van der Waals surface area contributed by atoms with Gasteiger partial charge in [0, 0.05) is 17.6 Å². The maximum absolute atomic E-state index is 13.2. The normalized spacial score (nSPS) is 20.5. The minimum atomic E-state index is -4.65. The van der Waals surface area contributed by atoms with Crippen molar-refractivity contribution in [2.24, 2.45) is 5.92 Å². The zero-order valence-electron chi connectivity index (χ0n) is 15.5. The van der Waals surface area contributed by atoms with Gasteiger partial charge in [0.25, 0.3) is 0 Å². The van der Waals surface area contributed by atoms with E-state index in [-0.39, 0.29) is 23.3 Å². The van der Waals surface area contributed by atoms with Crippen LogP contribution >= 0.6 is 11.6 Å². The number of halogens is 4. The van der Waals surface area contributed by atoms with Gasteiger partial charge in [0.15, 0.2) is 0 Å². The third-order valence-electron chi connectivity index (χ3n) is 4.12. The Labute approximate surface area is 160 Å².